The molecule has 21 heavy (non-hydrogen) atoms. The molecule has 1 amide bonds. The quantitative estimate of drug-likeness (QED) is 0.866. The number of aryl methyl sites for hydroxylation is 1. The third-order valence-electron chi connectivity index (χ3n) is 4.13. The molecular formula is C16H26N4O. The molecule has 3 N–H and O–H groups in total. The van der Waals surface area contributed by atoms with Crippen molar-refractivity contribution in [3.05, 3.63) is 23.4 Å². The molecule has 1 aromatic rings. The van der Waals surface area contributed by atoms with Gasteiger partial charge in [0.2, 0.25) is 0 Å². The number of anilines is 1. The van der Waals surface area contributed by atoms with Gasteiger partial charge in [-0.1, -0.05) is 0 Å². The van der Waals surface area contributed by atoms with E-state index in [2.05, 4.69) is 29.0 Å². The monoisotopic (exact) mass is 290 g/mol. The summed E-state index contributed by atoms with van der Waals surface area (Å²) in [5.41, 5.74) is 7.01. The van der Waals surface area contributed by atoms with Crippen molar-refractivity contribution in [1.29, 1.82) is 0 Å². The van der Waals surface area contributed by atoms with Crippen LogP contribution < -0.4 is 16.0 Å². The van der Waals surface area contributed by atoms with Crippen molar-refractivity contribution in [3.8, 4) is 0 Å². The highest BCUT2D eigenvalue weighted by atomic mass is 16.1. The largest absolute Gasteiger partial charge is 0.365 e. The summed E-state index contributed by atoms with van der Waals surface area (Å²) in [6.45, 7) is 9.21. The molecule has 0 aliphatic carbocycles. The van der Waals surface area contributed by atoms with Crippen molar-refractivity contribution in [3.63, 3.8) is 0 Å². The molecule has 1 unspecified atom stereocenters. The number of nitrogens with one attached hydrogen (secondary N) is 1. The van der Waals surface area contributed by atoms with Crippen LogP contribution in [0.2, 0.25) is 0 Å². The van der Waals surface area contributed by atoms with Crippen molar-refractivity contribution >= 4 is 11.7 Å². The minimum absolute atomic E-state index is 0.277. The smallest absolute Gasteiger partial charge is 0.252 e. The summed E-state index contributed by atoms with van der Waals surface area (Å²) in [6, 6.07) is 2.11. The van der Waals surface area contributed by atoms with Crippen LogP contribution in [0.25, 0.3) is 0 Å². The van der Waals surface area contributed by atoms with Gasteiger partial charge in [-0.15, -0.1) is 0 Å². The summed E-state index contributed by atoms with van der Waals surface area (Å²) >= 11 is 0. The molecule has 1 atom stereocenters. The van der Waals surface area contributed by atoms with Crippen molar-refractivity contribution in [2.75, 3.05) is 24.5 Å². The van der Waals surface area contributed by atoms with Crippen molar-refractivity contribution in [1.82, 2.24) is 10.3 Å². The Bertz CT molecular complexity index is 495. The van der Waals surface area contributed by atoms with Gasteiger partial charge in [0, 0.05) is 18.8 Å². The summed E-state index contributed by atoms with van der Waals surface area (Å²) in [4.78, 5) is 18.5. The van der Waals surface area contributed by atoms with Gasteiger partial charge in [-0.3, -0.25) is 4.79 Å². The lowest BCUT2D eigenvalue weighted by atomic mass is 9.98. The van der Waals surface area contributed by atoms with Crippen LogP contribution in [0.1, 0.15) is 42.6 Å². The van der Waals surface area contributed by atoms with E-state index in [-0.39, 0.29) is 6.04 Å². The number of nitrogens with zero attached hydrogens (tertiary/aromatic N) is 2. The maximum atomic E-state index is 11.8. The van der Waals surface area contributed by atoms with E-state index in [4.69, 9.17) is 5.73 Å². The molecule has 5 nitrogen and oxygen atoms in total. The first kappa shape index (κ1) is 15.8. The van der Waals surface area contributed by atoms with Gasteiger partial charge in [0.1, 0.15) is 5.82 Å². The molecule has 1 fully saturated rings. The number of carbonyl (C=O) groups excluding carboxylic acids is 1. The molecule has 1 saturated heterocycles. The summed E-state index contributed by atoms with van der Waals surface area (Å²) in [5, 5.41) is 3.44. The Labute approximate surface area is 126 Å². The molecule has 0 radical (unpaired) electrons. The number of hydrogen-bond donors (Lipinski definition) is 2. The molecule has 5 heteroatoms. The lowest BCUT2D eigenvalue weighted by Crippen LogP contribution is -2.42. The normalized spacial score (nSPS) is 18.8. The fourth-order valence-electron chi connectivity index (χ4n) is 2.97. The first-order valence-electron chi connectivity index (χ1n) is 7.73. The van der Waals surface area contributed by atoms with Crippen molar-refractivity contribution in [2.24, 2.45) is 11.7 Å². The lowest BCUT2D eigenvalue weighted by Gasteiger charge is -2.34. The van der Waals surface area contributed by atoms with Crippen LogP contribution in [0, 0.1) is 12.8 Å². The number of nitrogens with two attached hydrogens (primary N) is 1. The third kappa shape index (κ3) is 3.73. The van der Waals surface area contributed by atoms with Crippen LogP contribution in [0.4, 0.5) is 5.82 Å². The maximum absolute atomic E-state index is 11.8. The zero-order valence-electron chi connectivity index (χ0n) is 13.2. The standard InChI is InChI=1S/C16H26N4O/c1-11(2)20(10-13-5-4-7-18-9-13)16-14(15(17)21)12(3)6-8-19-16/h6,8,11,13,18H,4-5,7,9-10H2,1-3H3,(H2,17,21). The molecule has 2 heterocycles. The number of carbonyl (C=O) groups is 1. The lowest BCUT2D eigenvalue weighted by molar-refractivity contribution is 0.0999. The Morgan fingerprint density at radius 2 is 2.33 bits per heavy atom. The summed E-state index contributed by atoms with van der Waals surface area (Å²) in [6.07, 6.45) is 4.18. The zero-order chi connectivity index (χ0) is 15.4. The molecule has 0 aromatic carbocycles. The molecule has 0 saturated carbocycles. The van der Waals surface area contributed by atoms with Gasteiger partial charge in [-0.05, 0) is 64.3 Å². The second kappa shape index (κ2) is 6.89. The van der Waals surface area contributed by atoms with Gasteiger partial charge in [0.05, 0.1) is 5.56 Å². The maximum Gasteiger partial charge on any atom is 0.252 e. The van der Waals surface area contributed by atoms with Gasteiger partial charge < -0.3 is 16.0 Å². The molecule has 1 aliphatic rings. The van der Waals surface area contributed by atoms with Crippen molar-refractivity contribution in [2.45, 2.75) is 39.7 Å². The van der Waals surface area contributed by atoms with E-state index < -0.39 is 5.91 Å². The van der Waals surface area contributed by atoms with Gasteiger partial charge in [0.15, 0.2) is 0 Å². The second-order valence-corrected chi connectivity index (χ2v) is 6.15. The van der Waals surface area contributed by atoms with Gasteiger partial charge in [-0.2, -0.15) is 0 Å². The topological polar surface area (TPSA) is 71.2 Å². The Balaban J connectivity index is 2.29. The predicted molar refractivity (Wildman–Crippen MR) is 85.6 cm³/mol. The summed E-state index contributed by atoms with van der Waals surface area (Å²) in [7, 11) is 0. The van der Waals surface area contributed by atoms with E-state index in [0.29, 0.717) is 11.5 Å². The van der Waals surface area contributed by atoms with Crippen LogP contribution in [-0.2, 0) is 0 Å². The number of primary amides is 1. The Morgan fingerprint density at radius 3 is 2.90 bits per heavy atom. The molecule has 2 rings (SSSR count). The van der Waals surface area contributed by atoms with Crippen molar-refractivity contribution < 1.29 is 4.79 Å². The number of aromatic nitrogens is 1. The molecule has 0 bridgehead atoms. The molecular weight excluding hydrogens is 264 g/mol. The van der Waals surface area contributed by atoms with Crippen LogP contribution in [0.15, 0.2) is 12.3 Å². The van der Waals surface area contributed by atoms with Crippen LogP contribution in [-0.4, -0.2) is 36.6 Å². The Hall–Kier alpha value is -1.62. The summed E-state index contributed by atoms with van der Waals surface area (Å²) in [5.74, 6) is 0.912. The average molecular weight is 290 g/mol. The number of amides is 1. The first-order chi connectivity index (χ1) is 10.0. The fourth-order valence-corrected chi connectivity index (χ4v) is 2.97. The Morgan fingerprint density at radius 1 is 1.57 bits per heavy atom. The molecule has 0 spiro atoms. The fraction of sp³-hybridized carbons (Fsp3) is 0.625. The minimum Gasteiger partial charge on any atom is -0.365 e. The van der Waals surface area contributed by atoms with E-state index in [0.717, 1.165) is 31.0 Å². The van der Waals surface area contributed by atoms with Gasteiger partial charge in [0.25, 0.3) is 5.91 Å². The van der Waals surface area contributed by atoms with Gasteiger partial charge >= 0.3 is 0 Å². The van der Waals surface area contributed by atoms with Gasteiger partial charge in [-0.25, -0.2) is 4.98 Å². The van der Waals surface area contributed by atoms with Crippen LogP contribution >= 0.6 is 0 Å². The highest BCUT2D eigenvalue weighted by Crippen LogP contribution is 2.25. The van der Waals surface area contributed by atoms with E-state index in [1.807, 2.05) is 13.0 Å². The SMILES string of the molecule is Cc1ccnc(N(CC2CCCNC2)C(C)C)c1C(N)=O. The molecule has 1 aliphatic heterocycles. The number of pyridine rings is 1. The predicted octanol–water partition coefficient (Wildman–Crippen LogP) is 1.70. The molecule has 116 valence electrons. The zero-order valence-corrected chi connectivity index (χ0v) is 13.2. The summed E-state index contributed by atoms with van der Waals surface area (Å²) < 4.78 is 0. The Kier molecular flexibility index (Phi) is 5.17. The highest BCUT2D eigenvalue weighted by Gasteiger charge is 2.24. The molecule has 1 aromatic heterocycles. The highest BCUT2D eigenvalue weighted by molar-refractivity contribution is 5.99. The van der Waals surface area contributed by atoms with E-state index in [9.17, 15) is 4.79 Å². The minimum atomic E-state index is -0.400. The number of piperidine rings is 1. The second-order valence-electron chi connectivity index (χ2n) is 6.15. The van der Waals surface area contributed by atoms with E-state index in [1.165, 1.54) is 12.8 Å². The number of rotatable bonds is 5. The third-order valence-corrected chi connectivity index (χ3v) is 4.13. The van der Waals surface area contributed by atoms with Crippen LogP contribution in [0.3, 0.4) is 0 Å². The van der Waals surface area contributed by atoms with E-state index >= 15 is 0 Å². The number of hydrogen-bond acceptors (Lipinski definition) is 4. The first-order valence-corrected chi connectivity index (χ1v) is 7.73. The van der Waals surface area contributed by atoms with E-state index in [1.54, 1.807) is 6.20 Å². The average Bonchev–Trinajstić information content (AvgIpc) is 2.45. The van der Waals surface area contributed by atoms with Crippen LogP contribution in [0.5, 0.6) is 0 Å².